The maximum atomic E-state index is 12.8. The second kappa shape index (κ2) is 6.78. The van der Waals surface area contributed by atoms with Crippen LogP contribution in [-0.2, 0) is 9.59 Å². The molecule has 1 heterocycles. The van der Waals surface area contributed by atoms with Gasteiger partial charge in [0, 0.05) is 30.0 Å². The van der Waals surface area contributed by atoms with Crippen molar-refractivity contribution >= 4 is 11.7 Å². The number of carbonyl (C=O) groups is 2. The van der Waals surface area contributed by atoms with Crippen molar-refractivity contribution in [3.8, 4) is 11.5 Å². The zero-order valence-corrected chi connectivity index (χ0v) is 16.1. The molecule has 1 aliphatic carbocycles. The summed E-state index contributed by atoms with van der Waals surface area (Å²) in [6.07, 6.45) is 1.52. The van der Waals surface area contributed by atoms with Gasteiger partial charge in [0.05, 0.1) is 13.2 Å². The van der Waals surface area contributed by atoms with E-state index >= 15 is 0 Å². The third kappa shape index (κ3) is 3.62. The van der Waals surface area contributed by atoms with Gasteiger partial charge in [-0.05, 0) is 43.4 Å². The highest BCUT2D eigenvalue weighted by molar-refractivity contribution is 6.02. The van der Waals surface area contributed by atoms with Crippen LogP contribution in [0.1, 0.15) is 58.4 Å². The maximum Gasteiger partial charge on any atom is 0.225 e. The van der Waals surface area contributed by atoms with Gasteiger partial charge in [0.25, 0.3) is 0 Å². The first kappa shape index (κ1) is 18.5. The standard InChI is InChI=1S/C21H27NO4/c1-12(2)26-17-7-6-13(8-18(17)25-5)14-9-19(24)22-15-10-21(3,4)11-16(23)20(14)15/h6-8,12,14H,9-11H2,1-5H3,(H,22,24). The van der Waals surface area contributed by atoms with Gasteiger partial charge in [0.15, 0.2) is 17.3 Å². The van der Waals surface area contributed by atoms with Crippen LogP contribution in [0.3, 0.4) is 0 Å². The van der Waals surface area contributed by atoms with Crippen molar-refractivity contribution in [1.82, 2.24) is 5.32 Å². The lowest BCUT2D eigenvalue weighted by atomic mass is 9.70. The third-order valence-corrected chi connectivity index (χ3v) is 4.90. The van der Waals surface area contributed by atoms with Gasteiger partial charge in [-0.1, -0.05) is 19.9 Å². The van der Waals surface area contributed by atoms with Crippen molar-refractivity contribution in [2.75, 3.05) is 7.11 Å². The molecule has 5 nitrogen and oxygen atoms in total. The minimum atomic E-state index is -0.232. The summed E-state index contributed by atoms with van der Waals surface area (Å²) in [6, 6.07) is 5.68. The number of hydrogen-bond donors (Lipinski definition) is 1. The molecule has 1 aromatic rings. The molecule has 0 aromatic heterocycles. The molecule has 0 saturated carbocycles. The molecule has 0 bridgehead atoms. The predicted molar refractivity (Wildman–Crippen MR) is 99.3 cm³/mol. The van der Waals surface area contributed by atoms with Crippen molar-refractivity contribution in [1.29, 1.82) is 0 Å². The largest absolute Gasteiger partial charge is 0.493 e. The summed E-state index contributed by atoms with van der Waals surface area (Å²) in [5, 5.41) is 2.93. The number of rotatable bonds is 4. The first-order valence-electron chi connectivity index (χ1n) is 9.11. The van der Waals surface area contributed by atoms with E-state index in [0.717, 1.165) is 16.8 Å². The van der Waals surface area contributed by atoms with Crippen molar-refractivity contribution in [2.45, 2.75) is 59.0 Å². The number of allylic oxidation sites excluding steroid dienone is 2. The third-order valence-electron chi connectivity index (χ3n) is 4.90. The Kier molecular flexibility index (Phi) is 4.82. The second-order valence-corrected chi connectivity index (χ2v) is 8.21. The van der Waals surface area contributed by atoms with Crippen LogP contribution in [0.25, 0.3) is 0 Å². The van der Waals surface area contributed by atoms with Gasteiger partial charge in [-0.15, -0.1) is 0 Å². The van der Waals surface area contributed by atoms with Gasteiger partial charge in [-0.2, -0.15) is 0 Å². The predicted octanol–water partition coefficient (Wildman–Crippen LogP) is 3.73. The molecule has 1 aliphatic heterocycles. The number of carbonyl (C=O) groups excluding carboxylic acids is 2. The summed E-state index contributed by atoms with van der Waals surface area (Å²) in [4.78, 5) is 25.1. The Bertz CT molecular complexity index is 776. The van der Waals surface area contributed by atoms with Crippen LogP contribution in [0.2, 0.25) is 0 Å². The molecule has 140 valence electrons. The Balaban J connectivity index is 2.02. The van der Waals surface area contributed by atoms with E-state index in [1.54, 1.807) is 7.11 Å². The van der Waals surface area contributed by atoms with Crippen molar-refractivity contribution in [3.05, 3.63) is 35.0 Å². The van der Waals surface area contributed by atoms with Crippen LogP contribution >= 0.6 is 0 Å². The number of methoxy groups -OCH3 is 1. The number of nitrogens with one attached hydrogen (secondary N) is 1. The lowest BCUT2D eigenvalue weighted by Gasteiger charge is -2.37. The zero-order valence-electron chi connectivity index (χ0n) is 16.1. The van der Waals surface area contributed by atoms with Crippen LogP contribution < -0.4 is 14.8 Å². The monoisotopic (exact) mass is 357 g/mol. The van der Waals surface area contributed by atoms with Crippen LogP contribution in [-0.4, -0.2) is 24.9 Å². The van der Waals surface area contributed by atoms with Gasteiger partial charge >= 0.3 is 0 Å². The fraction of sp³-hybridized carbons (Fsp3) is 0.524. The molecule has 0 fully saturated rings. The molecule has 1 N–H and O–H groups in total. The molecule has 0 spiro atoms. The van der Waals surface area contributed by atoms with Crippen molar-refractivity contribution in [2.24, 2.45) is 5.41 Å². The highest BCUT2D eigenvalue weighted by atomic mass is 16.5. The number of hydrogen-bond acceptors (Lipinski definition) is 4. The van der Waals surface area contributed by atoms with Crippen molar-refractivity contribution in [3.63, 3.8) is 0 Å². The summed E-state index contributed by atoms with van der Waals surface area (Å²) in [5.41, 5.74) is 2.32. The second-order valence-electron chi connectivity index (χ2n) is 8.21. The summed E-state index contributed by atoms with van der Waals surface area (Å²) >= 11 is 0. The minimum absolute atomic E-state index is 0.0340. The lowest BCUT2D eigenvalue weighted by molar-refractivity contribution is -0.122. The number of Topliss-reactive ketones (excluding diaryl/α,β-unsaturated/α-hetero) is 1. The fourth-order valence-electron chi connectivity index (χ4n) is 3.89. The van der Waals surface area contributed by atoms with E-state index in [4.69, 9.17) is 9.47 Å². The van der Waals surface area contributed by atoms with E-state index in [2.05, 4.69) is 19.2 Å². The van der Waals surface area contributed by atoms with Gasteiger partial charge in [-0.3, -0.25) is 9.59 Å². The summed E-state index contributed by atoms with van der Waals surface area (Å²) < 4.78 is 11.2. The van der Waals surface area contributed by atoms with Gasteiger partial charge in [0.2, 0.25) is 5.91 Å². The number of benzene rings is 1. The normalized spacial score (nSPS) is 22.2. The van der Waals surface area contributed by atoms with Gasteiger partial charge in [0.1, 0.15) is 0 Å². The quantitative estimate of drug-likeness (QED) is 0.892. The Labute approximate surface area is 154 Å². The van der Waals surface area contributed by atoms with E-state index < -0.39 is 0 Å². The molecule has 3 rings (SSSR count). The average molecular weight is 357 g/mol. The first-order chi connectivity index (χ1) is 12.2. The molecule has 1 amide bonds. The Morgan fingerprint density at radius 3 is 2.54 bits per heavy atom. The van der Waals surface area contributed by atoms with E-state index in [-0.39, 0.29) is 35.5 Å². The number of amides is 1. The lowest BCUT2D eigenvalue weighted by Crippen LogP contribution is -2.40. The minimum Gasteiger partial charge on any atom is -0.493 e. The Hall–Kier alpha value is -2.30. The van der Waals surface area contributed by atoms with E-state index in [9.17, 15) is 9.59 Å². The summed E-state index contributed by atoms with van der Waals surface area (Å²) in [6.45, 7) is 8.04. The molecular weight excluding hydrogens is 330 g/mol. The molecule has 1 atom stereocenters. The Morgan fingerprint density at radius 1 is 1.15 bits per heavy atom. The van der Waals surface area contributed by atoms with E-state index in [1.807, 2.05) is 32.0 Å². The van der Waals surface area contributed by atoms with Gasteiger partial charge < -0.3 is 14.8 Å². The van der Waals surface area contributed by atoms with Gasteiger partial charge in [-0.25, -0.2) is 0 Å². The molecule has 5 heteroatoms. The molecule has 0 saturated heterocycles. The molecule has 2 aliphatic rings. The molecular formula is C21H27NO4. The van der Waals surface area contributed by atoms with E-state index in [1.165, 1.54) is 0 Å². The van der Waals surface area contributed by atoms with Crippen LogP contribution in [0.5, 0.6) is 11.5 Å². The topological polar surface area (TPSA) is 64.6 Å². The first-order valence-corrected chi connectivity index (χ1v) is 9.11. The zero-order chi connectivity index (χ0) is 19.1. The number of ketones is 1. The van der Waals surface area contributed by atoms with Crippen molar-refractivity contribution < 1.29 is 19.1 Å². The average Bonchev–Trinajstić information content (AvgIpc) is 2.52. The summed E-state index contributed by atoms with van der Waals surface area (Å²) in [7, 11) is 1.60. The summed E-state index contributed by atoms with van der Waals surface area (Å²) in [5.74, 6) is 1.14. The maximum absolute atomic E-state index is 12.8. The molecule has 1 unspecified atom stereocenters. The van der Waals surface area contributed by atoms with Crippen LogP contribution in [0.15, 0.2) is 29.5 Å². The SMILES string of the molecule is COc1cc(C2CC(=O)NC3=C2C(=O)CC(C)(C)C3)ccc1OC(C)C. The Morgan fingerprint density at radius 2 is 1.88 bits per heavy atom. The smallest absolute Gasteiger partial charge is 0.225 e. The molecule has 26 heavy (non-hydrogen) atoms. The van der Waals surface area contributed by atoms with Crippen LogP contribution in [0.4, 0.5) is 0 Å². The number of ether oxygens (including phenoxy) is 2. The molecule has 1 aromatic carbocycles. The fourth-order valence-corrected chi connectivity index (χ4v) is 3.89. The highest BCUT2D eigenvalue weighted by Crippen LogP contribution is 2.45. The molecule has 0 radical (unpaired) electrons. The highest BCUT2D eigenvalue weighted by Gasteiger charge is 2.40. The van der Waals surface area contributed by atoms with E-state index in [0.29, 0.717) is 24.3 Å². The van der Waals surface area contributed by atoms with Crippen LogP contribution in [0, 0.1) is 5.41 Å².